The number of carbonyl (C=O) groups is 1. The second-order valence-electron chi connectivity index (χ2n) is 4.38. The number of primary amides is 1. The largest absolute Gasteiger partial charge is 0.467 e. The number of nitrogens with two attached hydrogens (primary N) is 1. The van der Waals surface area contributed by atoms with Crippen LogP contribution in [0.1, 0.15) is 34.6 Å². The van der Waals surface area contributed by atoms with Gasteiger partial charge in [0.1, 0.15) is 11.6 Å². The first kappa shape index (κ1) is 13.1. The minimum absolute atomic E-state index is 0.136. The summed E-state index contributed by atoms with van der Waals surface area (Å²) in [5, 5.41) is 3.11. The molecular weight excluding hydrogens is 247 g/mol. The molecule has 100 valence electrons. The first-order valence-corrected chi connectivity index (χ1v) is 5.89. The minimum Gasteiger partial charge on any atom is -0.467 e. The Labute approximate surface area is 110 Å². The lowest BCUT2D eigenvalue weighted by Crippen LogP contribution is -2.14. The highest BCUT2D eigenvalue weighted by atomic mass is 19.1. The Morgan fingerprint density at radius 2 is 2.21 bits per heavy atom. The summed E-state index contributed by atoms with van der Waals surface area (Å²) in [6, 6.07) is 6.14. The van der Waals surface area contributed by atoms with E-state index in [1.165, 1.54) is 0 Å². The monoisotopic (exact) mass is 262 g/mol. The van der Waals surface area contributed by atoms with E-state index in [0.29, 0.717) is 11.3 Å². The molecule has 2 aromatic rings. The number of nitrogens with one attached hydrogen (secondary N) is 1. The third-order valence-corrected chi connectivity index (χ3v) is 2.97. The molecule has 0 aliphatic rings. The van der Waals surface area contributed by atoms with Crippen molar-refractivity contribution in [1.29, 1.82) is 0 Å². The van der Waals surface area contributed by atoms with Gasteiger partial charge in [0.25, 0.3) is 0 Å². The van der Waals surface area contributed by atoms with Crippen molar-refractivity contribution < 1.29 is 13.6 Å². The van der Waals surface area contributed by atoms with Crippen LogP contribution >= 0.6 is 0 Å². The van der Waals surface area contributed by atoms with Gasteiger partial charge in [0.15, 0.2) is 0 Å². The van der Waals surface area contributed by atoms with E-state index < -0.39 is 11.7 Å². The first-order valence-electron chi connectivity index (χ1n) is 5.89. The molecule has 1 amide bonds. The van der Waals surface area contributed by atoms with E-state index >= 15 is 0 Å². The zero-order chi connectivity index (χ0) is 14.0. The molecule has 1 unspecified atom stereocenters. The Morgan fingerprint density at radius 3 is 2.79 bits per heavy atom. The van der Waals surface area contributed by atoms with Crippen LogP contribution in [0.25, 0.3) is 0 Å². The summed E-state index contributed by atoms with van der Waals surface area (Å²) in [7, 11) is 0. The molecule has 5 heteroatoms. The summed E-state index contributed by atoms with van der Waals surface area (Å²) in [4.78, 5) is 11.1. The number of benzene rings is 1. The first-order chi connectivity index (χ1) is 8.99. The van der Waals surface area contributed by atoms with Crippen LogP contribution in [0.5, 0.6) is 0 Å². The molecule has 0 bridgehead atoms. The molecule has 0 aliphatic heterocycles. The lowest BCUT2D eigenvalue weighted by molar-refractivity contribution is 0.1000. The van der Waals surface area contributed by atoms with Gasteiger partial charge in [-0.1, -0.05) is 0 Å². The minimum atomic E-state index is -0.660. The van der Waals surface area contributed by atoms with Gasteiger partial charge in [0.2, 0.25) is 5.91 Å². The Balaban J connectivity index is 2.31. The molecule has 19 heavy (non-hydrogen) atoms. The van der Waals surface area contributed by atoms with Crippen LogP contribution in [0, 0.1) is 12.7 Å². The van der Waals surface area contributed by atoms with Crippen molar-refractivity contribution in [3.63, 3.8) is 0 Å². The van der Waals surface area contributed by atoms with Crippen LogP contribution in [0.3, 0.4) is 0 Å². The van der Waals surface area contributed by atoms with Crippen LogP contribution in [-0.2, 0) is 0 Å². The molecule has 0 fully saturated rings. The van der Waals surface area contributed by atoms with Gasteiger partial charge >= 0.3 is 0 Å². The third-order valence-electron chi connectivity index (χ3n) is 2.97. The second kappa shape index (κ2) is 5.14. The fourth-order valence-electron chi connectivity index (χ4n) is 1.81. The summed E-state index contributed by atoms with van der Waals surface area (Å²) in [6.07, 6.45) is 1.57. The molecule has 2 rings (SSSR count). The normalized spacial score (nSPS) is 12.2. The number of carbonyl (C=O) groups excluding carboxylic acids is 1. The SMILES string of the molecule is Cc1c(F)cc(C(N)=O)cc1NC(C)c1ccco1. The third kappa shape index (κ3) is 2.76. The number of anilines is 1. The zero-order valence-corrected chi connectivity index (χ0v) is 10.7. The van der Waals surface area contributed by atoms with Crippen molar-refractivity contribution >= 4 is 11.6 Å². The van der Waals surface area contributed by atoms with Crippen molar-refractivity contribution in [3.8, 4) is 0 Å². The zero-order valence-electron chi connectivity index (χ0n) is 10.7. The molecule has 1 aromatic carbocycles. The van der Waals surface area contributed by atoms with Crippen LogP contribution < -0.4 is 11.1 Å². The highest BCUT2D eigenvalue weighted by molar-refractivity contribution is 5.94. The van der Waals surface area contributed by atoms with Crippen molar-refractivity contribution in [2.45, 2.75) is 19.9 Å². The second-order valence-corrected chi connectivity index (χ2v) is 4.38. The summed E-state index contributed by atoms with van der Waals surface area (Å²) in [5.41, 5.74) is 6.27. The molecule has 0 saturated carbocycles. The maximum atomic E-state index is 13.7. The Bertz CT molecular complexity index is 594. The molecular formula is C14H15FN2O2. The maximum absolute atomic E-state index is 13.7. The fourth-order valence-corrected chi connectivity index (χ4v) is 1.81. The molecule has 1 atom stereocenters. The van der Waals surface area contributed by atoms with Crippen LogP contribution in [0.15, 0.2) is 34.9 Å². The molecule has 3 N–H and O–H groups in total. The summed E-state index contributed by atoms with van der Waals surface area (Å²) >= 11 is 0. The Kier molecular flexibility index (Phi) is 3.55. The van der Waals surface area contributed by atoms with Gasteiger partial charge in [0, 0.05) is 16.8 Å². The van der Waals surface area contributed by atoms with Crippen LogP contribution in [0.2, 0.25) is 0 Å². The van der Waals surface area contributed by atoms with E-state index in [1.54, 1.807) is 25.3 Å². The van der Waals surface area contributed by atoms with Gasteiger partial charge in [-0.3, -0.25) is 4.79 Å². The number of rotatable bonds is 4. The van der Waals surface area contributed by atoms with E-state index in [0.717, 1.165) is 11.8 Å². The fraction of sp³-hybridized carbons (Fsp3) is 0.214. The van der Waals surface area contributed by atoms with Crippen molar-refractivity contribution in [2.24, 2.45) is 5.73 Å². The Hall–Kier alpha value is -2.30. The van der Waals surface area contributed by atoms with E-state index in [1.807, 2.05) is 13.0 Å². The average Bonchev–Trinajstić information content (AvgIpc) is 2.88. The summed E-state index contributed by atoms with van der Waals surface area (Å²) in [5.74, 6) is -0.401. The lowest BCUT2D eigenvalue weighted by Gasteiger charge is -2.16. The molecule has 1 aromatic heterocycles. The van der Waals surface area contributed by atoms with Crippen molar-refractivity contribution in [2.75, 3.05) is 5.32 Å². The lowest BCUT2D eigenvalue weighted by atomic mass is 10.1. The van der Waals surface area contributed by atoms with Gasteiger partial charge in [-0.25, -0.2) is 4.39 Å². The van der Waals surface area contributed by atoms with E-state index in [-0.39, 0.29) is 11.6 Å². The smallest absolute Gasteiger partial charge is 0.248 e. The standard InChI is InChI=1S/C14H15FN2O2/c1-8-11(15)6-10(14(16)18)7-12(8)17-9(2)13-4-3-5-19-13/h3-7,9,17H,1-2H3,(H2,16,18). The predicted molar refractivity (Wildman–Crippen MR) is 70.4 cm³/mol. The van der Waals surface area contributed by atoms with Crippen LogP contribution in [-0.4, -0.2) is 5.91 Å². The number of furan rings is 1. The Morgan fingerprint density at radius 1 is 1.47 bits per heavy atom. The summed E-state index contributed by atoms with van der Waals surface area (Å²) < 4.78 is 19.0. The number of amides is 1. The number of hydrogen-bond donors (Lipinski definition) is 2. The maximum Gasteiger partial charge on any atom is 0.248 e. The highest BCUT2D eigenvalue weighted by Gasteiger charge is 2.14. The molecule has 0 radical (unpaired) electrons. The molecule has 0 spiro atoms. The van der Waals surface area contributed by atoms with Gasteiger partial charge in [-0.05, 0) is 38.1 Å². The topological polar surface area (TPSA) is 68.3 Å². The number of hydrogen-bond acceptors (Lipinski definition) is 3. The van der Waals surface area contributed by atoms with Gasteiger partial charge in [-0.2, -0.15) is 0 Å². The quantitative estimate of drug-likeness (QED) is 0.890. The number of halogens is 1. The predicted octanol–water partition coefficient (Wildman–Crippen LogP) is 3.00. The van der Waals surface area contributed by atoms with Gasteiger partial charge in [-0.15, -0.1) is 0 Å². The summed E-state index contributed by atoms with van der Waals surface area (Å²) in [6.45, 7) is 3.52. The van der Waals surface area contributed by atoms with Crippen LogP contribution in [0.4, 0.5) is 10.1 Å². The van der Waals surface area contributed by atoms with Crippen molar-refractivity contribution in [1.82, 2.24) is 0 Å². The highest BCUT2D eigenvalue weighted by Crippen LogP contribution is 2.25. The van der Waals surface area contributed by atoms with Gasteiger partial charge in [0.05, 0.1) is 12.3 Å². The van der Waals surface area contributed by atoms with Crippen molar-refractivity contribution in [3.05, 3.63) is 53.2 Å². The molecule has 0 saturated heterocycles. The van der Waals surface area contributed by atoms with E-state index in [2.05, 4.69) is 5.32 Å². The average molecular weight is 262 g/mol. The van der Waals surface area contributed by atoms with Gasteiger partial charge < -0.3 is 15.5 Å². The van der Waals surface area contributed by atoms with E-state index in [4.69, 9.17) is 10.2 Å². The molecule has 4 nitrogen and oxygen atoms in total. The van der Waals surface area contributed by atoms with E-state index in [9.17, 15) is 9.18 Å². The molecule has 0 aliphatic carbocycles. The molecule has 1 heterocycles.